The highest BCUT2D eigenvalue weighted by Crippen LogP contribution is 2.19. The molecular weight excluding hydrogens is 394 g/mol. The third kappa shape index (κ3) is 4.41. The van der Waals surface area contributed by atoms with Gasteiger partial charge in [0.25, 0.3) is 0 Å². The fourth-order valence-corrected chi connectivity index (χ4v) is 4.22. The van der Waals surface area contributed by atoms with Crippen molar-refractivity contribution < 1.29 is 17.6 Å². The second-order valence-electron chi connectivity index (χ2n) is 7.25. The summed E-state index contributed by atoms with van der Waals surface area (Å²) in [5, 5.41) is 2.74. The minimum atomic E-state index is -4.03. The van der Waals surface area contributed by atoms with Gasteiger partial charge in [0, 0.05) is 18.8 Å². The molecule has 0 bridgehead atoms. The van der Waals surface area contributed by atoms with Crippen LogP contribution in [0.2, 0.25) is 0 Å². The van der Waals surface area contributed by atoms with Crippen LogP contribution in [0.3, 0.4) is 0 Å². The molecule has 0 fully saturated rings. The van der Waals surface area contributed by atoms with Gasteiger partial charge in [-0.3, -0.25) is 9.36 Å². The smallest absolute Gasteiger partial charge is 0.408 e. The zero-order chi connectivity index (χ0) is 21.3. The van der Waals surface area contributed by atoms with E-state index in [4.69, 9.17) is 4.42 Å². The van der Waals surface area contributed by atoms with Gasteiger partial charge < -0.3 is 9.73 Å². The van der Waals surface area contributed by atoms with Crippen LogP contribution < -0.4 is 15.8 Å². The number of fused-ring (bicyclic) bond motifs is 1. The molecule has 1 aromatic heterocycles. The Morgan fingerprint density at radius 1 is 1.10 bits per heavy atom. The quantitative estimate of drug-likeness (QED) is 0.640. The zero-order valence-corrected chi connectivity index (χ0v) is 17.4. The predicted octanol–water partition coefficient (Wildman–Crippen LogP) is 2.38. The van der Waals surface area contributed by atoms with Crippen LogP contribution in [-0.2, 0) is 21.9 Å². The Morgan fingerprint density at radius 3 is 2.38 bits per heavy atom. The number of nitrogens with one attached hydrogen (secondary N) is 2. The van der Waals surface area contributed by atoms with Crippen LogP contribution in [0.4, 0.5) is 5.69 Å². The first kappa shape index (κ1) is 20.8. The first-order valence-electron chi connectivity index (χ1n) is 9.08. The zero-order valence-electron chi connectivity index (χ0n) is 16.6. The lowest BCUT2D eigenvalue weighted by Crippen LogP contribution is -2.47. The number of carbonyl (C=O) groups excluding carboxylic acids is 1. The van der Waals surface area contributed by atoms with E-state index < -0.39 is 27.7 Å². The molecule has 2 N–H and O–H groups in total. The number of carbonyl (C=O) groups is 1. The molecule has 29 heavy (non-hydrogen) atoms. The SMILES string of the molecule is Cc1ccc(NC(=O)[C@@H](NS(=O)(=O)c2ccc3c(c2)oc(=O)n3C)C(C)C)cc1. The van der Waals surface area contributed by atoms with Gasteiger partial charge in [0.2, 0.25) is 15.9 Å². The van der Waals surface area contributed by atoms with Gasteiger partial charge in [-0.1, -0.05) is 31.5 Å². The number of hydrogen-bond donors (Lipinski definition) is 2. The van der Waals surface area contributed by atoms with Gasteiger partial charge in [0.15, 0.2) is 5.58 Å². The van der Waals surface area contributed by atoms with Crippen molar-refractivity contribution in [2.24, 2.45) is 13.0 Å². The molecule has 0 aliphatic heterocycles. The van der Waals surface area contributed by atoms with E-state index in [1.165, 1.54) is 29.8 Å². The van der Waals surface area contributed by atoms with Crippen molar-refractivity contribution in [1.82, 2.24) is 9.29 Å². The van der Waals surface area contributed by atoms with Crippen molar-refractivity contribution in [3.63, 3.8) is 0 Å². The molecule has 2 aromatic carbocycles. The molecule has 1 atom stereocenters. The molecule has 3 aromatic rings. The average Bonchev–Trinajstić information content (AvgIpc) is 2.95. The van der Waals surface area contributed by atoms with Crippen LogP contribution in [0.15, 0.2) is 56.6 Å². The summed E-state index contributed by atoms with van der Waals surface area (Å²) in [6.45, 7) is 5.44. The van der Waals surface area contributed by atoms with Crippen LogP contribution in [0.1, 0.15) is 19.4 Å². The van der Waals surface area contributed by atoms with E-state index in [0.29, 0.717) is 11.2 Å². The molecule has 1 amide bonds. The normalized spacial score (nSPS) is 13.0. The Balaban J connectivity index is 1.86. The number of sulfonamides is 1. The third-order valence-electron chi connectivity index (χ3n) is 4.62. The fraction of sp³-hybridized carbons (Fsp3) is 0.300. The number of aryl methyl sites for hydroxylation is 2. The van der Waals surface area contributed by atoms with Crippen molar-refractivity contribution in [2.45, 2.75) is 31.7 Å². The molecule has 0 unspecified atom stereocenters. The number of hydrogen-bond acceptors (Lipinski definition) is 5. The largest absolute Gasteiger partial charge is 0.419 e. The van der Waals surface area contributed by atoms with E-state index in [9.17, 15) is 18.0 Å². The number of benzene rings is 2. The van der Waals surface area contributed by atoms with Crippen LogP contribution in [0.5, 0.6) is 0 Å². The standard InChI is InChI=1S/C20H23N3O5S/c1-12(2)18(19(24)21-14-7-5-13(3)6-8-14)22-29(26,27)15-9-10-16-17(11-15)28-20(25)23(16)4/h5-12,18,22H,1-4H3,(H,21,24)/t18-/m0/s1. The maximum Gasteiger partial charge on any atom is 0.419 e. The topological polar surface area (TPSA) is 110 Å². The van der Waals surface area contributed by atoms with E-state index >= 15 is 0 Å². The third-order valence-corrected chi connectivity index (χ3v) is 6.06. The van der Waals surface area contributed by atoms with Crippen LogP contribution in [0.25, 0.3) is 11.1 Å². The Hall–Kier alpha value is -2.91. The minimum Gasteiger partial charge on any atom is -0.408 e. The summed E-state index contributed by atoms with van der Waals surface area (Å²) < 4.78 is 34.5. The predicted molar refractivity (Wildman–Crippen MR) is 110 cm³/mol. The maximum atomic E-state index is 12.9. The first-order chi connectivity index (χ1) is 13.6. The molecule has 154 valence electrons. The second-order valence-corrected chi connectivity index (χ2v) is 8.97. The minimum absolute atomic E-state index is 0.0897. The molecule has 0 aliphatic carbocycles. The number of rotatable bonds is 6. The lowest BCUT2D eigenvalue weighted by atomic mass is 10.0. The van der Waals surface area contributed by atoms with Crippen LogP contribution in [-0.4, -0.2) is 24.9 Å². The fourth-order valence-electron chi connectivity index (χ4n) is 2.87. The summed E-state index contributed by atoms with van der Waals surface area (Å²) in [6.07, 6.45) is 0. The van der Waals surface area contributed by atoms with Crippen molar-refractivity contribution in [1.29, 1.82) is 0 Å². The lowest BCUT2D eigenvalue weighted by molar-refractivity contribution is -0.118. The highest BCUT2D eigenvalue weighted by molar-refractivity contribution is 7.89. The van der Waals surface area contributed by atoms with Crippen molar-refractivity contribution in [3.05, 3.63) is 58.6 Å². The van der Waals surface area contributed by atoms with Gasteiger partial charge in [-0.25, -0.2) is 13.2 Å². The monoisotopic (exact) mass is 417 g/mol. The molecule has 0 radical (unpaired) electrons. The molecule has 3 rings (SSSR count). The molecule has 0 saturated carbocycles. The Labute approximate surface area is 168 Å². The van der Waals surface area contributed by atoms with Crippen molar-refractivity contribution in [3.8, 4) is 0 Å². The second kappa shape index (κ2) is 7.84. The van der Waals surface area contributed by atoms with Gasteiger partial charge >= 0.3 is 5.76 Å². The summed E-state index contributed by atoms with van der Waals surface area (Å²) in [4.78, 5) is 24.2. The summed E-state index contributed by atoms with van der Waals surface area (Å²) >= 11 is 0. The van der Waals surface area contributed by atoms with Crippen LogP contribution in [0, 0.1) is 12.8 Å². The summed E-state index contributed by atoms with van der Waals surface area (Å²) in [7, 11) is -2.49. The Bertz CT molecular complexity index is 1210. The highest BCUT2D eigenvalue weighted by Gasteiger charge is 2.29. The molecule has 0 aliphatic rings. The van der Waals surface area contributed by atoms with Crippen molar-refractivity contribution in [2.75, 3.05) is 5.32 Å². The van der Waals surface area contributed by atoms with E-state index in [1.54, 1.807) is 26.0 Å². The first-order valence-corrected chi connectivity index (χ1v) is 10.6. The average molecular weight is 417 g/mol. The molecule has 0 saturated heterocycles. The Kier molecular flexibility index (Phi) is 5.63. The molecular formula is C20H23N3O5S. The van der Waals surface area contributed by atoms with Crippen LogP contribution >= 0.6 is 0 Å². The maximum absolute atomic E-state index is 12.9. The van der Waals surface area contributed by atoms with Gasteiger partial charge in [0.05, 0.1) is 10.4 Å². The number of amides is 1. The summed E-state index contributed by atoms with van der Waals surface area (Å²) in [6, 6.07) is 10.4. The van der Waals surface area contributed by atoms with E-state index in [2.05, 4.69) is 10.0 Å². The summed E-state index contributed by atoms with van der Waals surface area (Å²) in [5.74, 6) is -1.34. The van der Waals surface area contributed by atoms with Crippen molar-refractivity contribution >= 4 is 32.7 Å². The van der Waals surface area contributed by atoms with Gasteiger partial charge in [-0.2, -0.15) is 4.72 Å². The number of oxazole rings is 1. The molecule has 8 nitrogen and oxygen atoms in total. The molecule has 9 heteroatoms. The Morgan fingerprint density at radius 2 is 1.76 bits per heavy atom. The van der Waals surface area contributed by atoms with E-state index in [0.717, 1.165) is 5.56 Å². The summed E-state index contributed by atoms with van der Waals surface area (Å²) in [5.41, 5.74) is 2.27. The number of aromatic nitrogens is 1. The van der Waals surface area contributed by atoms with Gasteiger partial charge in [-0.15, -0.1) is 0 Å². The van der Waals surface area contributed by atoms with Gasteiger partial charge in [-0.05, 0) is 37.1 Å². The number of anilines is 1. The van der Waals surface area contributed by atoms with E-state index in [-0.39, 0.29) is 16.4 Å². The molecule has 1 heterocycles. The molecule has 0 spiro atoms. The lowest BCUT2D eigenvalue weighted by Gasteiger charge is -2.21. The number of nitrogens with zero attached hydrogens (tertiary/aromatic N) is 1. The highest BCUT2D eigenvalue weighted by atomic mass is 32.2. The van der Waals surface area contributed by atoms with E-state index in [1.807, 2.05) is 19.1 Å². The van der Waals surface area contributed by atoms with Gasteiger partial charge in [0.1, 0.15) is 6.04 Å².